The van der Waals surface area contributed by atoms with Gasteiger partial charge in [-0.05, 0) is 37.8 Å². The molecule has 1 aromatic heterocycles. The Morgan fingerprint density at radius 3 is 2.48 bits per heavy atom. The fraction of sp³-hybridized carbons (Fsp3) is 0.500. The first-order valence-corrected chi connectivity index (χ1v) is 8.40. The van der Waals surface area contributed by atoms with Crippen LogP contribution in [0.4, 0.5) is 0 Å². The van der Waals surface area contributed by atoms with Crippen LogP contribution in [0.3, 0.4) is 0 Å². The molecule has 0 unspecified atom stereocenters. The molecule has 5 heteroatoms. The first kappa shape index (κ1) is 15.7. The van der Waals surface area contributed by atoms with Crippen LogP contribution in [0.15, 0.2) is 36.0 Å². The molecule has 1 saturated heterocycles. The molecule has 5 nitrogen and oxygen atoms in total. The third-order valence-electron chi connectivity index (χ3n) is 4.57. The van der Waals surface area contributed by atoms with Crippen molar-refractivity contribution in [3.63, 3.8) is 0 Å². The van der Waals surface area contributed by atoms with Crippen molar-refractivity contribution in [1.29, 1.82) is 0 Å². The van der Waals surface area contributed by atoms with Gasteiger partial charge < -0.3 is 9.80 Å². The van der Waals surface area contributed by atoms with E-state index in [4.69, 9.17) is 0 Å². The Bertz CT molecular complexity index is 590. The number of pyridine rings is 1. The number of amides is 2. The second-order valence-electron chi connectivity index (χ2n) is 6.17. The molecule has 0 N–H and O–H groups in total. The highest BCUT2D eigenvalue weighted by atomic mass is 16.2. The number of piperazine rings is 1. The van der Waals surface area contributed by atoms with Crippen molar-refractivity contribution in [2.75, 3.05) is 26.2 Å². The molecule has 2 amide bonds. The Kier molecular flexibility index (Phi) is 5.05. The third-order valence-corrected chi connectivity index (χ3v) is 4.57. The first-order valence-electron chi connectivity index (χ1n) is 8.40. The number of nitrogens with zero attached hydrogens (tertiary/aromatic N) is 3. The largest absolute Gasteiger partial charge is 0.339 e. The molecule has 3 rings (SSSR count). The molecule has 1 aliphatic carbocycles. The number of hydrogen-bond donors (Lipinski definition) is 0. The molecule has 23 heavy (non-hydrogen) atoms. The maximum absolute atomic E-state index is 12.4. The molecule has 0 aromatic carbocycles. The molecule has 1 aromatic rings. The van der Waals surface area contributed by atoms with Gasteiger partial charge in [-0.15, -0.1) is 0 Å². The monoisotopic (exact) mass is 313 g/mol. The summed E-state index contributed by atoms with van der Waals surface area (Å²) in [6, 6.07) is 5.35. The van der Waals surface area contributed by atoms with Crippen LogP contribution in [0.2, 0.25) is 0 Å². The van der Waals surface area contributed by atoms with Crippen molar-refractivity contribution in [1.82, 2.24) is 14.8 Å². The Labute approximate surface area is 137 Å². The minimum absolute atomic E-state index is 0.0484. The average molecular weight is 313 g/mol. The predicted molar refractivity (Wildman–Crippen MR) is 87.9 cm³/mol. The zero-order chi connectivity index (χ0) is 16.1. The third kappa shape index (κ3) is 3.97. The van der Waals surface area contributed by atoms with Crippen molar-refractivity contribution < 1.29 is 9.59 Å². The second kappa shape index (κ2) is 7.40. The van der Waals surface area contributed by atoms with E-state index in [1.54, 1.807) is 23.2 Å². The molecule has 0 saturated carbocycles. The molecular formula is C18H23N3O2. The second-order valence-corrected chi connectivity index (χ2v) is 6.17. The summed E-state index contributed by atoms with van der Waals surface area (Å²) >= 11 is 0. The minimum Gasteiger partial charge on any atom is -0.339 e. The van der Waals surface area contributed by atoms with Gasteiger partial charge in [-0.2, -0.15) is 0 Å². The fourth-order valence-electron chi connectivity index (χ4n) is 3.18. The molecule has 0 radical (unpaired) electrons. The zero-order valence-electron chi connectivity index (χ0n) is 13.4. The van der Waals surface area contributed by atoms with Crippen LogP contribution in [0.5, 0.6) is 0 Å². The number of aromatic nitrogens is 1. The lowest BCUT2D eigenvalue weighted by atomic mass is 9.97. The van der Waals surface area contributed by atoms with Gasteiger partial charge in [0.15, 0.2) is 0 Å². The van der Waals surface area contributed by atoms with Crippen molar-refractivity contribution >= 4 is 11.8 Å². The number of carbonyl (C=O) groups excluding carboxylic acids is 2. The lowest BCUT2D eigenvalue weighted by Gasteiger charge is -2.35. The maximum Gasteiger partial charge on any atom is 0.272 e. The molecule has 0 atom stereocenters. The van der Waals surface area contributed by atoms with Crippen LogP contribution >= 0.6 is 0 Å². The van der Waals surface area contributed by atoms with E-state index < -0.39 is 0 Å². The summed E-state index contributed by atoms with van der Waals surface area (Å²) in [7, 11) is 0. The summed E-state index contributed by atoms with van der Waals surface area (Å²) in [5.74, 6) is 0.149. The normalized spacial score (nSPS) is 18.5. The minimum atomic E-state index is -0.0484. The van der Waals surface area contributed by atoms with E-state index in [1.165, 1.54) is 18.4 Å². The summed E-state index contributed by atoms with van der Waals surface area (Å²) in [6.45, 7) is 2.40. The smallest absolute Gasteiger partial charge is 0.272 e. The first-order chi connectivity index (χ1) is 11.2. The molecular weight excluding hydrogens is 290 g/mol. The molecule has 2 heterocycles. The summed E-state index contributed by atoms with van der Waals surface area (Å²) in [6.07, 6.45) is 9.01. The molecule has 1 fully saturated rings. The molecule has 122 valence electrons. The van der Waals surface area contributed by atoms with Gasteiger partial charge in [0.2, 0.25) is 5.91 Å². The van der Waals surface area contributed by atoms with Crippen molar-refractivity contribution in [2.45, 2.75) is 32.1 Å². The van der Waals surface area contributed by atoms with Crippen molar-refractivity contribution in [3.05, 3.63) is 41.7 Å². The van der Waals surface area contributed by atoms with Crippen LogP contribution in [0.1, 0.15) is 42.6 Å². The number of allylic oxidation sites excluding steroid dienone is 1. The molecule has 1 aliphatic heterocycles. The summed E-state index contributed by atoms with van der Waals surface area (Å²) in [5.41, 5.74) is 1.76. The van der Waals surface area contributed by atoms with Gasteiger partial charge >= 0.3 is 0 Å². The predicted octanol–water partition coefficient (Wildman–Crippen LogP) is 2.26. The highest BCUT2D eigenvalue weighted by molar-refractivity contribution is 5.92. The maximum atomic E-state index is 12.4. The van der Waals surface area contributed by atoms with Crippen molar-refractivity contribution in [3.8, 4) is 0 Å². The van der Waals surface area contributed by atoms with Crippen LogP contribution in [-0.4, -0.2) is 52.8 Å². The highest BCUT2D eigenvalue weighted by Crippen LogP contribution is 2.21. The number of rotatable bonds is 3. The topological polar surface area (TPSA) is 53.5 Å². The SMILES string of the molecule is O=C(CC1=CCCCC1)N1CCN(C(=O)c2ccccn2)CC1. The molecule has 2 aliphatic rings. The van der Waals surface area contributed by atoms with E-state index in [0.717, 1.165) is 12.8 Å². The average Bonchev–Trinajstić information content (AvgIpc) is 2.63. The Balaban J connectivity index is 1.51. The molecule has 0 bridgehead atoms. The zero-order valence-corrected chi connectivity index (χ0v) is 13.4. The van der Waals surface area contributed by atoms with E-state index in [2.05, 4.69) is 11.1 Å². The standard InChI is InChI=1S/C18H23N3O2/c22-17(14-15-6-2-1-3-7-15)20-10-12-21(13-11-20)18(23)16-8-4-5-9-19-16/h4-6,8-9H,1-3,7,10-14H2. The van der Waals surface area contributed by atoms with Gasteiger partial charge in [0, 0.05) is 38.8 Å². The van der Waals surface area contributed by atoms with Crippen LogP contribution < -0.4 is 0 Å². The van der Waals surface area contributed by atoms with Gasteiger partial charge in [0.05, 0.1) is 0 Å². The Morgan fingerprint density at radius 2 is 1.83 bits per heavy atom. The van der Waals surface area contributed by atoms with Crippen LogP contribution in [0, 0.1) is 0 Å². The summed E-state index contributed by atoms with van der Waals surface area (Å²) < 4.78 is 0. The van der Waals surface area contributed by atoms with Crippen LogP contribution in [0.25, 0.3) is 0 Å². The van der Waals surface area contributed by atoms with Gasteiger partial charge in [-0.1, -0.05) is 17.7 Å². The van der Waals surface area contributed by atoms with Gasteiger partial charge in [-0.25, -0.2) is 0 Å². The molecule has 0 spiro atoms. The summed E-state index contributed by atoms with van der Waals surface area (Å²) in [4.78, 5) is 32.5. The highest BCUT2D eigenvalue weighted by Gasteiger charge is 2.25. The van der Waals surface area contributed by atoms with Crippen molar-refractivity contribution in [2.24, 2.45) is 0 Å². The van der Waals surface area contributed by atoms with E-state index in [-0.39, 0.29) is 11.8 Å². The van der Waals surface area contributed by atoms with Gasteiger partial charge in [0.1, 0.15) is 5.69 Å². The van der Waals surface area contributed by atoms with Gasteiger partial charge in [-0.3, -0.25) is 14.6 Å². The lowest BCUT2D eigenvalue weighted by molar-refractivity contribution is -0.131. The Morgan fingerprint density at radius 1 is 1.04 bits per heavy atom. The lowest BCUT2D eigenvalue weighted by Crippen LogP contribution is -2.50. The number of hydrogen-bond acceptors (Lipinski definition) is 3. The fourth-order valence-corrected chi connectivity index (χ4v) is 3.18. The van der Waals surface area contributed by atoms with E-state index >= 15 is 0 Å². The van der Waals surface area contributed by atoms with E-state index in [9.17, 15) is 9.59 Å². The number of carbonyl (C=O) groups is 2. The summed E-state index contributed by atoms with van der Waals surface area (Å²) in [5, 5.41) is 0. The van der Waals surface area contributed by atoms with Gasteiger partial charge in [0.25, 0.3) is 5.91 Å². The van der Waals surface area contributed by atoms with E-state index in [1.807, 2.05) is 11.0 Å². The van der Waals surface area contributed by atoms with E-state index in [0.29, 0.717) is 38.3 Å². The Hall–Kier alpha value is -2.17. The van der Waals surface area contributed by atoms with Crippen LogP contribution in [-0.2, 0) is 4.79 Å². The quantitative estimate of drug-likeness (QED) is 0.804.